The Labute approximate surface area is 81.7 Å². The van der Waals surface area contributed by atoms with E-state index in [1.54, 1.807) is 0 Å². The van der Waals surface area contributed by atoms with Crippen molar-refractivity contribution in [2.45, 2.75) is 6.92 Å². The monoisotopic (exact) mass is 235 g/mol. The number of halogens is 2. The molecule has 0 spiro atoms. The molecule has 1 nitrogen and oxygen atoms in total. The molecule has 0 aliphatic rings. The number of anilines is 1. The number of hydrogen-bond donors (Lipinski definition) is 1. The third-order valence-corrected chi connectivity index (χ3v) is 1.93. The van der Waals surface area contributed by atoms with E-state index < -0.39 is 0 Å². The van der Waals surface area contributed by atoms with Crippen LogP contribution in [0.25, 0.3) is 0 Å². The Morgan fingerprint density at radius 2 is 2.00 bits per heavy atom. The summed E-state index contributed by atoms with van der Waals surface area (Å²) in [6.07, 6.45) is 0. The molecule has 1 rings (SSSR count). The molecule has 1 aromatic rings. The Hall–Kier alpha value is -0.210. The maximum Gasteiger partial charge on any atom is 0.0484 e. The fraction of sp³-hybridized carbons (Fsp3) is 0.250. The van der Waals surface area contributed by atoms with Gasteiger partial charge in [0.2, 0.25) is 0 Å². The van der Waals surface area contributed by atoms with Crippen LogP contribution in [-0.2, 0) is 0 Å². The molecule has 3 heteroatoms. The molecule has 62 valence electrons. The van der Waals surface area contributed by atoms with E-state index in [1.807, 2.05) is 24.3 Å². The van der Waals surface area contributed by atoms with Gasteiger partial charge in [0.05, 0.1) is 0 Å². The molecular formula is C8H11BrClN. The highest BCUT2D eigenvalue weighted by Gasteiger charge is 1.92. The maximum atomic E-state index is 3.43. The topological polar surface area (TPSA) is 12.0 Å². The van der Waals surface area contributed by atoms with Gasteiger partial charge in [-0.05, 0) is 35.0 Å². The highest BCUT2D eigenvalue weighted by molar-refractivity contribution is 9.10. The second kappa shape index (κ2) is 5.44. The van der Waals surface area contributed by atoms with Gasteiger partial charge >= 0.3 is 0 Å². The van der Waals surface area contributed by atoms with Crippen molar-refractivity contribution in [3.8, 4) is 0 Å². The molecule has 0 atom stereocenters. The maximum absolute atomic E-state index is 3.43. The van der Waals surface area contributed by atoms with Gasteiger partial charge in [-0.25, -0.2) is 0 Å². The second-order valence-electron chi connectivity index (χ2n) is 2.01. The summed E-state index contributed by atoms with van der Waals surface area (Å²) in [6.45, 7) is 3.04. The molecule has 1 N–H and O–H groups in total. The third kappa shape index (κ3) is 3.12. The summed E-state index contributed by atoms with van der Waals surface area (Å²) in [5.41, 5.74) is 1.16. The highest BCUT2D eigenvalue weighted by atomic mass is 79.9. The molecule has 0 heterocycles. The van der Waals surface area contributed by atoms with E-state index >= 15 is 0 Å². The van der Waals surface area contributed by atoms with E-state index in [0.29, 0.717) is 0 Å². The summed E-state index contributed by atoms with van der Waals surface area (Å²) in [6, 6.07) is 8.10. The minimum Gasteiger partial charge on any atom is -0.384 e. The number of benzene rings is 1. The molecule has 0 unspecified atom stereocenters. The quantitative estimate of drug-likeness (QED) is 0.831. The lowest BCUT2D eigenvalue weighted by Gasteiger charge is -2.03. The molecule has 0 aliphatic heterocycles. The Balaban J connectivity index is 0.000001000. The lowest BCUT2D eigenvalue weighted by molar-refractivity contribution is 1.21. The van der Waals surface area contributed by atoms with Gasteiger partial charge in [-0.1, -0.05) is 12.1 Å². The standard InChI is InChI=1S/C8H10BrN.ClH/c1-2-10-8-6-4-3-5-7(8)9;/h3-6,10H,2H2,1H3;1H. The molecule has 0 saturated heterocycles. The summed E-state index contributed by atoms with van der Waals surface area (Å²) in [5.74, 6) is 0. The molecule has 0 radical (unpaired) electrons. The molecule has 1 aromatic carbocycles. The van der Waals surface area contributed by atoms with Crippen molar-refractivity contribution in [3.63, 3.8) is 0 Å². The molecular weight excluding hydrogens is 225 g/mol. The van der Waals surface area contributed by atoms with Crippen LogP contribution in [0, 0.1) is 0 Å². The Morgan fingerprint density at radius 1 is 1.36 bits per heavy atom. The lowest BCUT2D eigenvalue weighted by Crippen LogP contribution is -1.96. The van der Waals surface area contributed by atoms with Crippen LogP contribution < -0.4 is 5.32 Å². The van der Waals surface area contributed by atoms with Gasteiger partial charge in [0.25, 0.3) is 0 Å². The van der Waals surface area contributed by atoms with Gasteiger partial charge in [-0.3, -0.25) is 0 Å². The Bertz CT molecular complexity index is 215. The van der Waals surface area contributed by atoms with Crippen LogP contribution >= 0.6 is 28.3 Å². The summed E-state index contributed by atoms with van der Waals surface area (Å²) >= 11 is 3.43. The van der Waals surface area contributed by atoms with E-state index in [9.17, 15) is 0 Å². The van der Waals surface area contributed by atoms with E-state index in [2.05, 4.69) is 28.2 Å². The van der Waals surface area contributed by atoms with E-state index in [4.69, 9.17) is 0 Å². The third-order valence-electron chi connectivity index (χ3n) is 1.24. The van der Waals surface area contributed by atoms with Crippen molar-refractivity contribution >= 4 is 34.0 Å². The zero-order chi connectivity index (χ0) is 7.40. The molecule has 0 fully saturated rings. The predicted molar refractivity (Wildman–Crippen MR) is 55.6 cm³/mol. The minimum atomic E-state index is 0. The van der Waals surface area contributed by atoms with Crippen LogP contribution in [0.2, 0.25) is 0 Å². The number of para-hydroxylation sites is 1. The summed E-state index contributed by atoms with van der Waals surface area (Å²) in [7, 11) is 0. The van der Waals surface area contributed by atoms with E-state index in [-0.39, 0.29) is 12.4 Å². The highest BCUT2D eigenvalue weighted by Crippen LogP contribution is 2.20. The fourth-order valence-corrected chi connectivity index (χ4v) is 1.22. The summed E-state index contributed by atoms with van der Waals surface area (Å²) in [4.78, 5) is 0. The van der Waals surface area contributed by atoms with Crippen LogP contribution in [0.1, 0.15) is 6.92 Å². The summed E-state index contributed by atoms with van der Waals surface area (Å²) < 4.78 is 1.12. The van der Waals surface area contributed by atoms with Crippen molar-refractivity contribution < 1.29 is 0 Å². The van der Waals surface area contributed by atoms with E-state index in [0.717, 1.165) is 16.7 Å². The fourth-order valence-electron chi connectivity index (χ4n) is 0.795. The van der Waals surface area contributed by atoms with Crippen LogP contribution in [0.4, 0.5) is 5.69 Å². The zero-order valence-electron chi connectivity index (χ0n) is 6.30. The predicted octanol–water partition coefficient (Wildman–Crippen LogP) is 3.30. The SMILES string of the molecule is CCNc1ccccc1Br.Cl. The molecule has 0 bridgehead atoms. The Morgan fingerprint density at radius 3 is 2.55 bits per heavy atom. The van der Waals surface area contributed by atoms with Crippen LogP contribution in [0.5, 0.6) is 0 Å². The number of rotatable bonds is 2. The average molecular weight is 237 g/mol. The first-order valence-electron chi connectivity index (χ1n) is 3.33. The molecule has 11 heavy (non-hydrogen) atoms. The molecule has 0 amide bonds. The normalized spacial score (nSPS) is 8.55. The van der Waals surface area contributed by atoms with Gasteiger partial charge in [-0.2, -0.15) is 0 Å². The van der Waals surface area contributed by atoms with E-state index in [1.165, 1.54) is 0 Å². The van der Waals surface area contributed by atoms with Gasteiger partial charge in [0.1, 0.15) is 0 Å². The minimum absolute atomic E-state index is 0. The number of hydrogen-bond acceptors (Lipinski definition) is 1. The summed E-state index contributed by atoms with van der Waals surface area (Å²) in [5, 5.41) is 3.23. The van der Waals surface area contributed by atoms with Gasteiger partial charge < -0.3 is 5.32 Å². The van der Waals surface area contributed by atoms with Gasteiger partial charge in [0.15, 0.2) is 0 Å². The van der Waals surface area contributed by atoms with Crippen molar-refractivity contribution in [3.05, 3.63) is 28.7 Å². The Kier molecular flexibility index (Phi) is 5.34. The van der Waals surface area contributed by atoms with Gasteiger partial charge in [-0.15, -0.1) is 12.4 Å². The first-order chi connectivity index (χ1) is 4.84. The van der Waals surface area contributed by atoms with Crippen molar-refractivity contribution in [2.24, 2.45) is 0 Å². The zero-order valence-corrected chi connectivity index (χ0v) is 8.71. The van der Waals surface area contributed by atoms with Crippen molar-refractivity contribution in [1.82, 2.24) is 0 Å². The smallest absolute Gasteiger partial charge is 0.0484 e. The molecule has 0 aliphatic carbocycles. The molecule has 0 aromatic heterocycles. The first-order valence-corrected chi connectivity index (χ1v) is 4.12. The second-order valence-corrected chi connectivity index (χ2v) is 2.86. The largest absolute Gasteiger partial charge is 0.384 e. The lowest BCUT2D eigenvalue weighted by atomic mass is 10.3. The van der Waals surface area contributed by atoms with Crippen molar-refractivity contribution in [1.29, 1.82) is 0 Å². The van der Waals surface area contributed by atoms with Crippen LogP contribution in [0.3, 0.4) is 0 Å². The van der Waals surface area contributed by atoms with Gasteiger partial charge in [0, 0.05) is 16.7 Å². The first kappa shape index (κ1) is 10.8. The van der Waals surface area contributed by atoms with Crippen molar-refractivity contribution in [2.75, 3.05) is 11.9 Å². The molecule has 0 saturated carbocycles. The van der Waals surface area contributed by atoms with Crippen LogP contribution in [0.15, 0.2) is 28.7 Å². The number of nitrogens with one attached hydrogen (secondary N) is 1. The average Bonchev–Trinajstić information content (AvgIpc) is 1.94. The van der Waals surface area contributed by atoms with Crippen LogP contribution in [-0.4, -0.2) is 6.54 Å².